The van der Waals surface area contributed by atoms with Crippen molar-refractivity contribution in [2.24, 2.45) is 11.3 Å². The molecule has 2 aliphatic carbocycles. The highest BCUT2D eigenvalue weighted by molar-refractivity contribution is 5.94. The van der Waals surface area contributed by atoms with E-state index >= 15 is 0 Å². The van der Waals surface area contributed by atoms with E-state index in [9.17, 15) is 9.59 Å². The minimum Gasteiger partial charge on any atom is -0.349 e. The summed E-state index contributed by atoms with van der Waals surface area (Å²) in [6, 6.07) is 9.97. The van der Waals surface area contributed by atoms with Gasteiger partial charge >= 0.3 is 0 Å². The number of carbonyl (C=O) groups is 2. The molecule has 3 heteroatoms. The van der Waals surface area contributed by atoms with Crippen LogP contribution in [0.1, 0.15) is 50.6 Å². The third-order valence-corrected chi connectivity index (χ3v) is 5.08. The van der Waals surface area contributed by atoms with Crippen LogP contribution in [0.4, 0.5) is 0 Å². The summed E-state index contributed by atoms with van der Waals surface area (Å²) in [7, 11) is 0. The summed E-state index contributed by atoms with van der Waals surface area (Å²) in [5.41, 5.74) is 0.716. The van der Waals surface area contributed by atoms with Gasteiger partial charge in [-0.05, 0) is 38.2 Å². The molecule has 0 bridgehead atoms. The van der Waals surface area contributed by atoms with Crippen LogP contribution in [-0.4, -0.2) is 11.7 Å². The monoisotopic (exact) mass is 271 g/mol. The third kappa shape index (κ3) is 2.05. The van der Waals surface area contributed by atoms with Crippen molar-refractivity contribution in [2.45, 2.75) is 45.1 Å². The Morgan fingerprint density at radius 2 is 2.05 bits per heavy atom. The van der Waals surface area contributed by atoms with Gasteiger partial charge in [0, 0.05) is 12.3 Å². The molecule has 0 heterocycles. The Hall–Kier alpha value is -1.64. The van der Waals surface area contributed by atoms with Crippen LogP contribution >= 0.6 is 0 Å². The number of fused-ring (bicyclic) bond motifs is 1. The molecule has 3 atom stereocenters. The molecule has 1 unspecified atom stereocenters. The van der Waals surface area contributed by atoms with E-state index < -0.39 is 5.41 Å². The molecule has 2 saturated carbocycles. The standard InChI is InChI=1S/C17H21NO2/c1-12(13-6-3-2-4-7-13)18-16(20)17-10-5-8-15(19)14(17)9-11-17/h2-4,6-7,12,14H,5,8-11H2,1H3,(H,18,20)/t12-,14?,17+/m0/s1. The summed E-state index contributed by atoms with van der Waals surface area (Å²) >= 11 is 0. The van der Waals surface area contributed by atoms with Gasteiger partial charge in [0.15, 0.2) is 0 Å². The quantitative estimate of drug-likeness (QED) is 0.918. The van der Waals surface area contributed by atoms with Gasteiger partial charge in [0.05, 0.1) is 11.5 Å². The maximum atomic E-state index is 12.6. The maximum Gasteiger partial charge on any atom is 0.227 e. The molecule has 1 N–H and O–H groups in total. The van der Waals surface area contributed by atoms with Crippen molar-refractivity contribution >= 4 is 11.7 Å². The zero-order valence-electron chi connectivity index (χ0n) is 11.9. The van der Waals surface area contributed by atoms with Crippen molar-refractivity contribution in [3.05, 3.63) is 35.9 Å². The molecule has 2 aliphatic rings. The van der Waals surface area contributed by atoms with Gasteiger partial charge in [-0.25, -0.2) is 0 Å². The van der Waals surface area contributed by atoms with E-state index in [0.717, 1.165) is 31.2 Å². The summed E-state index contributed by atoms with van der Waals surface area (Å²) in [6.07, 6.45) is 4.16. The molecule has 1 aromatic carbocycles. The van der Waals surface area contributed by atoms with Crippen LogP contribution in [0.25, 0.3) is 0 Å². The highest BCUT2D eigenvalue weighted by Crippen LogP contribution is 2.54. The molecule has 106 valence electrons. The number of hydrogen-bond acceptors (Lipinski definition) is 2. The second kappa shape index (κ2) is 5.04. The molecule has 0 aliphatic heterocycles. The lowest BCUT2D eigenvalue weighted by Crippen LogP contribution is -2.56. The highest BCUT2D eigenvalue weighted by Gasteiger charge is 2.56. The van der Waals surface area contributed by atoms with Gasteiger partial charge in [-0.1, -0.05) is 30.3 Å². The molecule has 3 nitrogen and oxygen atoms in total. The molecule has 0 saturated heterocycles. The van der Waals surface area contributed by atoms with Gasteiger partial charge in [-0.15, -0.1) is 0 Å². The van der Waals surface area contributed by atoms with Gasteiger partial charge in [-0.2, -0.15) is 0 Å². The van der Waals surface area contributed by atoms with Crippen LogP contribution in [0, 0.1) is 11.3 Å². The summed E-state index contributed by atoms with van der Waals surface area (Å²) in [5.74, 6) is 0.363. The van der Waals surface area contributed by atoms with E-state index in [1.807, 2.05) is 37.3 Å². The topological polar surface area (TPSA) is 46.2 Å². The van der Waals surface area contributed by atoms with E-state index in [2.05, 4.69) is 5.32 Å². The Bertz CT molecular complexity index is 525. The summed E-state index contributed by atoms with van der Waals surface area (Å²) in [4.78, 5) is 24.6. The number of Topliss-reactive ketones (excluding diaryl/α,β-unsaturated/α-hetero) is 1. The zero-order chi connectivity index (χ0) is 14.2. The summed E-state index contributed by atoms with van der Waals surface area (Å²) in [5, 5.41) is 3.12. The van der Waals surface area contributed by atoms with Crippen molar-refractivity contribution in [3.8, 4) is 0 Å². The number of amides is 1. The Balaban J connectivity index is 1.72. The Kier molecular flexibility index (Phi) is 3.36. The minimum absolute atomic E-state index is 0.00338. The molecule has 20 heavy (non-hydrogen) atoms. The molecule has 2 fully saturated rings. The van der Waals surface area contributed by atoms with Gasteiger partial charge in [0.25, 0.3) is 0 Å². The first-order valence-corrected chi connectivity index (χ1v) is 7.52. The highest BCUT2D eigenvalue weighted by atomic mass is 16.2. The van der Waals surface area contributed by atoms with Crippen molar-refractivity contribution in [1.29, 1.82) is 0 Å². The molecule has 3 rings (SSSR count). The summed E-state index contributed by atoms with van der Waals surface area (Å²) in [6.45, 7) is 2.00. The normalized spacial score (nSPS) is 30.1. The maximum absolute atomic E-state index is 12.6. The van der Waals surface area contributed by atoms with E-state index in [-0.39, 0.29) is 17.9 Å². The fraction of sp³-hybridized carbons (Fsp3) is 0.529. The number of nitrogens with one attached hydrogen (secondary N) is 1. The first-order chi connectivity index (χ1) is 9.63. The average molecular weight is 271 g/mol. The predicted molar refractivity (Wildman–Crippen MR) is 77.0 cm³/mol. The van der Waals surface area contributed by atoms with Crippen LogP contribution in [0.15, 0.2) is 30.3 Å². The molecule has 0 aromatic heterocycles. The van der Waals surface area contributed by atoms with E-state index in [4.69, 9.17) is 0 Å². The van der Waals surface area contributed by atoms with Crippen molar-refractivity contribution in [1.82, 2.24) is 5.32 Å². The van der Waals surface area contributed by atoms with E-state index in [1.54, 1.807) is 0 Å². The number of rotatable bonds is 3. The fourth-order valence-corrected chi connectivity index (χ4v) is 3.71. The fourth-order valence-electron chi connectivity index (χ4n) is 3.71. The first kappa shape index (κ1) is 13.3. The minimum atomic E-state index is -0.391. The lowest BCUT2D eigenvalue weighted by Gasteiger charge is -2.50. The van der Waals surface area contributed by atoms with Gasteiger partial charge in [0.1, 0.15) is 5.78 Å². The zero-order valence-corrected chi connectivity index (χ0v) is 11.9. The molecular formula is C17H21NO2. The number of carbonyl (C=O) groups excluding carboxylic acids is 2. The lowest BCUT2D eigenvalue weighted by atomic mass is 9.52. The summed E-state index contributed by atoms with van der Waals surface area (Å²) < 4.78 is 0. The molecular weight excluding hydrogens is 250 g/mol. The van der Waals surface area contributed by atoms with Gasteiger partial charge in [-0.3, -0.25) is 9.59 Å². The second-order valence-electron chi connectivity index (χ2n) is 6.17. The molecule has 1 amide bonds. The van der Waals surface area contributed by atoms with Gasteiger partial charge in [0.2, 0.25) is 5.91 Å². The van der Waals surface area contributed by atoms with Crippen molar-refractivity contribution in [3.63, 3.8) is 0 Å². The van der Waals surface area contributed by atoms with Crippen LogP contribution in [-0.2, 0) is 9.59 Å². The third-order valence-electron chi connectivity index (χ3n) is 5.08. The Morgan fingerprint density at radius 1 is 1.30 bits per heavy atom. The first-order valence-electron chi connectivity index (χ1n) is 7.52. The lowest BCUT2D eigenvalue weighted by molar-refractivity contribution is -0.156. The van der Waals surface area contributed by atoms with E-state index in [0.29, 0.717) is 12.2 Å². The second-order valence-corrected chi connectivity index (χ2v) is 6.17. The average Bonchev–Trinajstić information content (AvgIpc) is 2.42. The number of benzene rings is 1. The van der Waals surface area contributed by atoms with Crippen LogP contribution in [0.5, 0.6) is 0 Å². The molecule has 0 spiro atoms. The SMILES string of the molecule is C[C@H](NC(=O)[C@@]12CCCC(=O)C1CC2)c1ccccc1. The van der Waals surface area contributed by atoms with Crippen LogP contribution in [0.3, 0.4) is 0 Å². The van der Waals surface area contributed by atoms with Crippen LogP contribution in [0.2, 0.25) is 0 Å². The Labute approximate surface area is 119 Å². The van der Waals surface area contributed by atoms with Crippen molar-refractivity contribution in [2.75, 3.05) is 0 Å². The van der Waals surface area contributed by atoms with Crippen LogP contribution < -0.4 is 5.32 Å². The predicted octanol–water partition coefficient (Wildman–Crippen LogP) is 3.01. The number of ketones is 1. The van der Waals surface area contributed by atoms with E-state index in [1.165, 1.54) is 0 Å². The van der Waals surface area contributed by atoms with Gasteiger partial charge < -0.3 is 5.32 Å². The largest absolute Gasteiger partial charge is 0.349 e. The van der Waals surface area contributed by atoms with Crippen molar-refractivity contribution < 1.29 is 9.59 Å². The smallest absolute Gasteiger partial charge is 0.227 e. The number of hydrogen-bond donors (Lipinski definition) is 1. The molecule has 1 aromatic rings. The molecule has 0 radical (unpaired) electrons. The Morgan fingerprint density at radius 3 is 2.70 bits per heavy atom.